The van der Waals surface area contributed by atoms with Crippen LogP contribution in [0.5, 0.6) is 0 Å². The lowest BCUT2D eigenvalue weighted by Gasteiger charge is -2.04. The Hall–Kier alpha value is -1.10. The molecule has 0 bridgehead atoms. The molecule has 5 heteroatoms. The minimum absolute atomic E-state index is 0.0589. The first-order chi connectivity index (χ1) is 6.70. The largest absolute Gasteiger partial charge is 0.466 e. The third-order valence-corrected chi connectivity index (χ3v) is 1.52. The lowest BCUT2D eigenvalue weighted by atomic mass is 10.3. The Morgan fingerprint density at radius 3 is 2.64 bits per heavy atom. The van der Waals surface area contributed by atoms with Gasteiger partial charge in [-0.25, -0.2) is 0 Å². The standard InChI is InChI=1S/C9H18N2O3/c1-3-14-9(13)5-4-6-11-8(12)7-10-2/h10H,3-7H2,1-2H3,(H,11,12). The van der Waals surface area contributed by atoms with E-state index in [0.717, 1.165) is 0 Å². The van der Waals surface area contributed by atoms with Crippen molar-refractivity contribution in [2.24, 2.45) is 0 Å². The minimum atomic E-state index is -0.213. The number of amides is 1. The van der Waals surface area contributed by atoms with Crippen molar-refractivity contribution in [3.63, 3.8) is 0 Å². The molecule has 5 nitrogen and oxygen atoms in total. The zero-order chi connectivity index (χ0) is 10.8. The summed E-state index contributed by atoms with van der Waals surface area (Å²) in [5.74, 6) is -0.272. The zero-order valence-corrected chi connectivity index (χ0v) is 8.76. The van der Waals surface area contributed by atoms with Gasteiger partial charge in [0.05, 0.1) is 13.2 Å². The SMILES string of the molecule is CCOC(=O)CCCNC(=O)CNC. The van der Waals surface area contributed by atoms with Crippen LogP contribution in [-0.2, 0) is 14.3 Å². The predicted molar refractivity (Wildman–Crippen MR) is 52.8 cm³/mol. The first kappa shape index (κ1) is 12.9. The molecule has 0 fully saturated rings. The van der Waals surface area contributed by atoms with Gasteiger partial charge in [-0.3, -0.25) is 9.59 Å². The monoisotopic (exact) mass is 202 g/mol. The number of carbonyl (C=O) groups is 2. The third kappa shape index (κ3) is 7.54. The summed E-state index contributed by atoms with van der Waals surface area (Å²) in [4.78, 5) is 21.8. The Morgan fingerprint density at radius 1 is 1.36 bits per heavy atom. The van der Waals surface area contributed by atoms with Gasteiger partial charge in [0.2, 0.25) is 5.91 Å². The van der Waals surface area contributed by atoms with E-state index in [4.69, 9.17) is 4.74 Å². The molecule has 0 aliphatic carbocycles. The highest BCUT2D eigenvalue weighted by Gasteiger charge is 2.02. The summed E-state index contributed by atoms with van der Waals surface area (Å²) in [7, 11) is 1.71. The number of hydrogen-bond donors (Lipinski definition) is 2. The minimum Gasteiger partial charge on any atom is -0.466 e. The fraction of sp³-hybridized carbons (Fsp3) is 0.778. The Morgan fingerprint density at radius 2 is 2.07 bits per heavy atom. The molecule has 0 aromatic carbocycles. The highest BCUT2D eigenvalue weighted by atomic mass is 16.5. The first-order valence-electron chi connectivity index (χ1n) is 4.77. The average molecular weight is 202 g/mol. The van der Waals surface area contributed by atoms with Gasteiger partial charge in [0.1, 0.15) is 0 Å². The lowest BCUT2D eigenvalue weighted by molar-refractivity contribution is -0.143. The van der Waals surface area contributed by atoms with Crippen LogP contribution in [0.1, 0.15) is 19.8 Å². The summed E-state index contributed by atoms with van der Waals surface area (Å²) >= 11 is 0. The van der Waals surface area contributed by atoms with Crippen molar-refractivity contribution in [2.75, 3.05) is 26.7 Å². The van der Waals surface area contributed by atoms with Gasteiger partial charge in [-0.2, -0.15) is 0 Å². The first-order valence-corrected chi connectivity index (χ1v) is 4.77. The molecule has 0 saturated carbocycles. The molecule has 82 valence electrons. The lowest BCUT2D eigenvalue weighted by Crippen LogP contribution is -2.32. The van der Waals surface area contributed by atoms with Crippen LogP contribution in [0.3, 0.4) is 0 Å². The summed E-state index contributed by atoms with van der Waals surface area (Å²) in [6.45, 7) is 3.00. The van der Waals surface area contributed by atoms with E-state index >= 15 is 0 Å². The van der Waals surface area contributed by atoms with Crippen molar-refractivity contribution in [1.82, 2.24) is 10.6 Å². The van der Waals surface area contributed by atoms with Gasteiger partial charge < -0.3 is 15.4 Å². The molecule has 0 spiro atoms. The Labute approximate surface area is 84.2 Å². The zero-order valence-electron chi connectivity index (χ0n) is 8.76. The highest BCUT2D eigenvalue weighted by molar-refractivity contribution is 5.78. The molecular weight excluding hydrogens is 184 g/mol. The second kappa shape index (κ2) is 8.50. The molecule has 2 N–H and O–H groups in total. The van der Waals surface area contributed by atoms with Crippen LogP contribution in [0.4, 0.5) is 0 Å². The topological polar surface area (TPSA) is 67.4 Å². The molecule has 0 atom stereocenters. The molecule has 0 saturated heterocycles. The van der Waals surface area contributed by atoms with Crippen molar-refractivity contribution in [1.29, 1.82) is 0 Å². The van der Waals surface area contributed by atoms with E-state index in [1.807, 2.05) is 0 Å². The van der Waals surface area contributed by atoms with Crippen LogP contribution in [0.25, 0.3) is 0 Å². The maximum Gasteiger partial charge on any atom is 0.305 e. The van der Waals surface area contributed by atoms with Crippen molar-refractivity contribution in [3.05, 3.63) is 0 Å². The Kier molecular flexibility index (Phi) is 7.83. The van der Waals surface area contributed by atoms with E-state index in [1.54, 1.807) is 14.0 Å². The number of ether oxygens (including phenoxy) is 1. The summed E-state index contributed by atoms with van der Waals surface area (Å²) in [6, 6.07) is 0. The fourth-order valence-corrected chi connectivity index (χ4v) is 0.917. The number of nitrogens with one attached hydrogen (secondary N) is 2. The van der Waals surface area contributed by atoms with E-state index in [2.05, 4.69) is 10.6 Å². The summed E-state index contributed by atoms with van der Waals surface area (Å²) < 4.78 is 4.73. The molecule has 0 rings (SSSR count). The van der Waals surface area contributed by atoms with E-state index in [1.165, 1.54) is 0 Å². The molecule has 0 radical (unpaired) electrons. The van der Waals surface area contributed by atoms with E-state index in [-0.39, 0.29) is 11.9 Å². The molecule has 0 heterocycles. The van der Waals surface area contributed by atoms with Gasteiger partial charge in [0.25, 0.3) is 0 Å². The second-order valence-corrected chi connectivity index (χ2v) is 2.79. The number of hydrogen-bond acceptors (Lipinski definition) is 4. The van der Waals surface area contributed by atoms with Crippen LogP contribution in [0.2, 0.25) is 0 Å². The fourth-order valence-electron chi connectivity index (χ4n) is 0.917. The van der Waals surface area contributed by atoms with Gasteiger partial charge in [0, 0.05) is 13.0 Å². The van der Waals surface area contributed by atoms with Crippen molar-refractivity contribution >= 4 is 11.9 Å². The number of esters is 1. The van der Waals surface area contributed by atoms with Gasteiger partial charge in [0.15, 0.2) is 0 Å². The number of likely N-dealkylation sites (N-methyl/N-ethyl adjacent to an activating group) is 1. The molecule has 0 aromatic rings. The van der Waals surface area contributed by atoms with E-state index < -0.39 is 0 Å². The van der Waals surface area contributed by atoms with E-state index in [0.29, 0.717) is 32.5 Å². The summed E-state index contributed by atoms with van der Waals surface area (Å²) in [6.07, 6.45) is 0.974. The summed E-state index contributed by atoms with van der Waals surface area (Å²) in [5, 5.41) is 5.41. The van der Waals surface area contributed by atoms with Gasteiger partial charge in [-0.1, -0.05) is 0 Å². The molecule has 1 amide bonds. The average Bonchev–Trinajstić information content (AvgIpc) is 2.13. The Balaban J connectivity index is 3.28. The van der Waals surface area contributed by atoms with E-state index in [9.17, 15) is 9.59 Å². The van der Waals surface area contributed by atoms with Gasteiger partial charge in [-0.15, -0.1) is 0 Å². The van der Waals surface area contributed by atoms with Crippen molar-refractivity contribution in [2.45, 2.75) is 19.8 Å². The normalized spacial score (nSPS) is 9.57. The maximum atomic E-state index is 10.9. The van der Waals surface area contributed by atoms with Crippen LogP contribution < -0.4 is 10.6 Å². The van der Waals surface area contributed by atoms with Crippen LogP contribution in [-0.4, -0.2) is 38.6 Å². The van der Waals surface area contributed by atoms with Gasteiger partial charge in [-0.05, 0) is 20.4 Å². The van der Waals surface area contributed by atoms with Crippen molar-refractivity contribution in [3.8, 4) is 0 Å². The maximum absolute atomic E-state index is 10.9. The molecule has 14 heavy (non-hydrogen) atoms. The molecular formula is C9H18N2O3. The predicted octanol–water partition coefficient (Wildman–Crippen LogP) is -0.335. The quantitative estimate of drug-likeness (QED) is 0.438. The number of carbonyl (C=O) groups excluding carboxylic acids is 2. The Bertz CT molecular complexity index is 163. The summed E-state index contributed by atoms with van der Waals surface area (Å²) in [5.41, 5.74) is 0. The third-order valence-electron chi connectivity index (χ3n) is 1.52. The molecule has 0 aromatic heterocycles. The highest BCUT2D eigenvalue weighted by Crippen LogP contribution is 1.90. The smallest absolute Gasteiger partial charge is 0.305 e. The van der Waals surface area contributed by atoms with Gasteiger partial charge >= 0.3 is 5.97 Å². The van der Waals surface area contributed by atoms with Crippen LogP contribution in [0.15, 0.2) is 0 Å². The van der Waals surface area contributed by atoms with Crippen LogP contribution >= 0.6 is 0 Å². The number of rotatable bonds is 7. The van der Waals surface area contributed by atoms with Crippen molar-refractivity contribution < 1.29 is 14.3 Å². The molecule has 0 aliphatic rings. The van der Waals surface area contributed by atoms with Crippen LogP contribution in [0, 0.1) is 0 Å². The molecule has 0 aliphatic heterocycles. The molecule has 0 unspecified atom stereocenters. The second-order valence-electron chi connectivity index (χ2n) is 2.79.